The molecule has 1 N–H and O–H groups in total. The van der Waals surface area contributed by atoms with Gasteiger partial charge in [-0.25, -0.2) is 0 Å². The van der Waals surface area contributed by atoms with E-state index in [9.17, 15) is 4.79 Å². The number of benzene rings is 1. The Kier molecular flexibility index (Phi) is 3.80. The second kappa shape index (κ2) is 5.73. The molecule has 3 rings (SSSR count). The van der Waals surface area contributed by atoms with Gasteiger partial charge in [0.25, 0.3) is 0 Å². The molecule has 6 heteroatoms. The standard InChI is InChI=1S/C14H12ClNO3S/c15-13-4-2-10(20-13)6-14(17)16-7-9-1-3-11-12(5-9)19-8-18-11/h1-5H,6-8H2,(H,16,17). The van der Waals surface area contributed by atoms with Gasteiger partial charge >= 0.3 is 0 Å². The van der Waals surface area contributed by atoms with Crippen molar-refractivity contribution in [3.05, 3.63) is 45.1 Å². The number of nitrogens with one attached hydrogen (secondary N) is 1. The Labute approximate surface area is 125 Å². The molecular weight excluding hydrogens is 298 g/mol. The highest BCUT2D eigenvalue weighted by Gasteiger charge is 2.13. The minimum absolute atomic E-state index is 0.0267. The number of carbonyl (C=O) groups is 1. The Balaban J connectivity index is 1.55. The van der Waals surface area contributed by atoms with Gasteiger partial charge in [0, 0.05) is 11.4 Å². The number of amides is 1. The van der Waals surface area contributed by atoms with E-state index in [1.54, 1.807) is 6.07 Å². The van der Waals surface area contributed by atoms with E-state index in [4.69, 9.17) is 21.1 Å². The maximum Gasteiger partial charge on any atom is 0.231 e. The molecule has 0 saturated heterocycles. The van der Waals surface area contributed by atoms with Crippen molar-refractivity contribution in [2.24, 2.45) is 0 Å². The Bertz CT molecular complexity index is 641. The Morgan fingerprint density at radius 2 is 2.10 bits per heavy atom. The molecule has 0 saturated carbocycles. The summed E-state index contributed by atoms with van der Waals surface area (Å²) in [5.41, 5.74) is 0.979. The molecule has 2 heterocycles. The largest absolute Gasteiger partial charge is 0.454 e. The van der Waals surface area contributed by atoms with Gasteiger partial charge in [0.15, 0.2) is 11.5 Å². The van der Waals surface area contributed by atoms with Gasteiger partial charge in [-0.1, -0.05) is 17.7 Å². The first-order valence-electron chi connectivity index (χ1n) is 6.10. The van der Waals surface area contributed by atoms with Crippen molar-refractivity contribution in [3.63, 3.8) is 0 Å². The summed E-state index contributed by atoms with van der Waals surface area (Å²) < 4.78 is 11.2. The highest BCUT2D eigenvalue weighted by molar-refractivity contribution is 7.16. The highest BCUT2D eigenvalue weighted by atomic mass is 35.5. The average molecular weight is 310 g/mol. The van der Waals surface area contributed by atoms with Crippen LogP contribution in [-0.4, -0.2) is 12.7 Å². The van der Waals surface area contributed by atoms with Crippen LogP contribution in [0.15, 0.2) is 30.3 Å². The van der Waals surface area contributed by atoms with Gasteiger partial charge in [-0.05, 0) is 29.8 Å². The third-order valence-corrected chi connectivity index (χ3v) is 4.12. The zero-order valence-corrected chi connectivity index (χ0v) is 12.1. The van der Waals surface area contributed by atoms with Crippen LogP contribution >= 0.6 is 22.9 Å². The van der Waals surface area contributed by atoms with Crippen molar-refractivity contribution in [2.75, 3.05) is 6.79 Å². The van der Waals surface area contributed by atoms with Crippen molar-refractivity contribution in [3.8, 4) is 11.5 Å². The SMILES string of the molecule is O=C(Cc1ccc(Cl)s1)NCc1ccc2c(c1)OCO2. The fraction of sp³-hybridized carbons (Fsp3) is 0.214. The van der Waals surface area contributed by atoms with Crippen LogP contribution in [0.2, 0.25) is 4.34 Å². The molecule has 1 aliphatic heterocycles. The van der Waals surface area contributed by atoms with E-state index < -0.39 is 0 Å². The first kappa shape index (κ1) is 13.3. The Hall–Kier alpha value is -1.72. The Morgan fingerprint density at radius 3 is 2.90 bits per heavy atom. The molecule has 0 fully saturated rings. The van der Waals surface area contributed by atoms with Crippen LogP contribution in [0.1, 0.15) is 10.4 Å². The topological polar surface area (TPSA) is 47.6 Å². The molecule has 0 aliphatic carbocycles. The second-order valence-corrected chi connectivity index (χ2v) is 6.15. The van der Waals surface area contributed by atoms with Crippen molar-refractivity contribution in [2.45, 2.75) is 13.0 Å². The monoisotopic (exact) mass is 309 g/mol. The van der Waals surface area contributed by atoms with Crippen molar-refractivity contribution >= 4 is 28.8 Å². The molecule has 1 aliphatic rings. The van der Waals surface area contributed by atoms with Gasteiger partial charge < -0.3 is 14.8 Å². The lowest BCUT2D eigenvalue weighted by molar-refractivity contribution is -0.120. The minimum atomic E-state index is -0.0267. The third-order valence-electron chi connectivity index (χ3n) is 2.89. The van der Waals surface area contributed by atoms with E-state index in [1.165, 1.54) is 11.3 Å². The zero-order valence-electron chi connectivity index (χ0n) is 10.5. The molecule has 0 bridgehead atoms. The fourth-order valence-electron chi connectivity index (χ4n) is 1.92. The fourth-order valence-corrected chi connectivity index (χ4v) is 3.01. The van der Waals surface area contributed by atoms with E-state index in [0.29, 0.717) is 17.3 Å². The molecule has 1 aromatic carbocycles. The van der Waals surface area contributed by atoms with Gasteiger partial charge in [0.05, 0.1) is 10.8 Å². The van der Waals surface area contributed by atoms with Gasteiger partial charge in [-0.2, -0.15) is 0 Å². The summed E-state index contributed by atoms with van der Waals surface area (Å²) in [6, 6.07) is 9.31. The first-order valence-corrected chi connectivity index (χ1v) is 7.29. The molecule has 0 radical (unpaired) electrons. The van der Waals surface area contributed by atoms with Crippen molar-refractivity contribution < 1.29 is 14.3 Å². The number of ether oxygens (including phenoxy) is 2. The van der Waals surface area contributed by atoms with Crippen molar-refractivity contribution in [1.82, 2.24) is 5.32 Å². The van der Waals surface area contributed by atoms with Crippen LogP contribution in [0.4, 0.5) is 0 Å². The first-order chi connectivity index (χ1) is 9.70. The van der Waals surface area contributed by atoms with Crippen LogP contribution in [-0.2, 0) is 17.8 Å². The van der Waals surface area contributed by atoms with Gasteiger partial charge in [-0.3, -0.25) is 4.79 Å². The average Bonchev–Trinajstić information content (AvgIpc) is 3.04. The molecule has 0 unspecified atom stereocenters. The lowest BCUT2D eigenvalue weighted by Crippen LogP contribution is -2.24. The Morgan fingerprint density at radius 1 is 1.25 bits per heavy atom. The van der Waals surface area contributed by atoms with Crippen molar-refractivity contribution in [1.29, 1.82) is 0 Å². The second-order valence-electron chi connectivity index (χ2n) is 4.35. The number of fused-ring (bicyclic) bond motifs is 1. The molecule has 20 heavy (non-hydrogen) atoms. The quantitative estimate of drug-likeness (QED) is 0.944. The van der Waals surface area contributed by atoms with Crippen LogP contribution in [0.3, 0.4) is 0 Å². The van der Waals surface area contributed by atoms with E-state index in [-0.39, 0.29) is 12.7 Å². The molecule has 0 atom stereocenters. The van der Waals surface area contributed by atoms with Gasteiger partial charge in [-0.15, -0.1) is 11.3 Å². The molecular formula is C14H12ClNO3S. The lowest BCUT2D eigenvalue weighted by Gasteiger charge is -2.05. The number of hydrogen-bond acceptors (Lipinski definition) is 4. The van der Waals surface area contributed by atoms with E-state index in [2.05, 4.69) is 5.32 Å². The van der Waals surface area contributed by atoms with Crippen LogP contribution in [0.25, 0.3) is 0 Å². The van der Waals surface area contributed by atoms with Gasteiger partial charge in [0.1, 0.15) is 0 Å². The lowest BCUT2D eigenvalue weighted by atomic mass is 10.2. The van der Waals surface area contributed by atoms with Crippen LogP contribution < -0.4 is 14.8 Å². The van der Waals surface area contributed by atoms with E-state index >= 15 is 0 Å². The number of halogens is 1. The predicted octanol–water partition coefficient (Wildman–Crippen LogP) is 2.99. The number of carbonyl (C=O) groups excluding carboxylic acids is 1. The smallest absolute Gasteiger partial charge is 0.231 e. The molecule has 1 amide bonds. The minimum Gasteiger partial charge on any atom is -0.454 e. The number of rotatable bonds is 4. The molecule has 104 valence electrons. The molecule has 2 aromatic rings. The summed E-state index contributed by atoms with van der Waals surface area (Å²) in [6.45, 7) is 0.721. The molecule has 4 nitrogen and oxygen atoms in total. The summed E-state index contributed by atoms with van der Waals surface area (Å²) in [5, 5.41) is 2.88. The number of thiophene rings is 1. The van der Waals surface area contributed by atoms with E-state index in [0.717, 1.165) is 21.9 Å². The maximum absolute atomic E-state index is 11.8. The molecule has 1 aromatic heterocycles. The maximum atomic E-state index is 11.8. The third kappa shape index (κ3) is 3.05. The van der Waals surface area contributed by atoms with Crippen LogP contribution in [0.5, 0.6) is 11.5 Å². The predicted molar refractivity (Wildman–Crippen MR) is 77.4 cm³/mol. The van der Waals surface area contributed by atoms with Crippen LogP contribution in [0, 0.1) is 0 Å². The summed E-state index contributed by atoms with van der Waals surface area (Å²) in [5.74, 6) is 1.44. The summed E-state index contributed by atoms with van der Waals surface area (Å²) >= 11 is 7.25. The summed E-state index contributed by atoms with van der Waals surface area (Å²) in [7, 11) is 0. The van der Waals surface area contributed by atoms with E-state index in [1.807, 2.05) is 24.3 Å². The zero-order chi connectivity index (χ0) is 13.9. The molecule has 0 spiro atoms. The highest BCUT2D eigenvalue weighted by Crippen LogP contribution is 2.32. The normalized spacial score (nSPS) is 12.4. The summed E-state index contributed by atoms with van der Waals surface area (Å²) in [6.07, 6.45) is 0.349. The number of hydrogen-bond donors (Lipinski definition) is 1. The summed E-state index contributed by atoms with van der Waals surface area (Å²) in [4.78, 5) is 12.8. The van der Waals surface area contributed by atoms with Gasteiger partial charge in [0.2, 0.25) is 12.7 Å².